The van der Waals surface area contributed by atoms with Gasteiger partial charge in [0, 0.05) is 7.05 Å². The van der Waals surface area contributed by atoms with Crippen molar-refractivity contribution in [3.05, 3.63) is 92.0 Å². The minimum absolute atomic E-state index is 0.151. The van der Waals surface area contributed by atoms with Gasteiger partial charge in [0.2, 0.25) is 0 Å². The summed E-state index contributed by atoms with van der Waals surface area (Å²) in [6.07, 6.45) is 1.73. The zero-order chi connectivity index (χ0) is 27.4. The van der Waals surface area contributed by atoms with E-state index in [1.54, 1.807) is 56.4 Å². The van der Waals surface area contributed by atoms with E-state index >= 15 is 0 Å². The summed E-state index contributed by atoms with van der Waals surface area (Å²) in [5.41, 5.74) is 2.54. The molecule has 0 spiro atoms. The Balaban J connectivity index is 1.61. The Morgan fingerprint density at radius 3 is 2.66 bits per heavy atom. The fourth-order valence-electron chi connectivity index (χ4n) is 3.74. The van der Waals surface area contributed by atoms with Gasteiger partial charge in [0.05, 0.1) is 27.2 Å². The summed E-state index contributed by atoms with van der Waals surface area (Å²) in [5.74, 6) is -0.664. The number of hydrogen-bond donors (Lipinski definition) is 1. The minimum atomic E-state index is -1.03. The van der Waals surface area contributed by atoms with Crippen LogP contribution in [0.5, 0.6) is 11.5 Å². The number of carbonyl (C=O) groups excluding carboxylic acids is 1. The predicted octanol–water partition coefficient (Wildman–Crippen LogP) is 6.81. The number of amides is 1. The molecule has 0 unspecified atom stereocenters. The topological polar surface area (TPSA) is 88.4 Å². The predicted molar refractivity (Wildman–Crippen MR) is 150 cm³/mol. The number of carbonyl (C=O) groups is 2. The van der Waals surface area contributed by atoms with Crippen molar-refractivity contribution in [2.24, 2.45) is 4.99 Å². The van der Waals surface area contributed by atoms with Crippen molar-refractivity contribution in [2.45, 2.75) is 20.5 Å². The Kier molecular flexibility index (Phi) is 8.53. The van der Waals surface area contributed by atoms with Crippen LogP contribution >= 0.6 is 27.7 Å². The first-order chi connectivity index (χ1) is 18.2. The average Bonchev–Trinajstić information content (AvgIpc) is 3.12. The number of aliphatic imine (C=N–C) groups is 1. The Bertz CT molecular complexity index is 1470. The molecule has 1 heterocycles. The van der Waals surface area contributed by atoms with Crippen molar-refractivity contribution in [2.75, 3.05) is 13.7 Å². The van der Waals surface area contributed by atoms with Crippen LogP contribution in [-0.4, -0.2) is 40.7 Å². The third-order valence-corrected chi connectivity index (χ3v) is 7.31. The van der Waals surface area contributed by atoms with Gasteiger partial charge in [0.1, 0.15) is 12.4 Å². The maximum absolute atomic E-state index is 13.5. The number of amidine groups is 1. The number of rotatable bonds is 8. The van der Waals surface area contributed by atoms with Gasteiger partial charge in [-0.15, -0.1) is 0 Å². The van der Waals surface area contributed by atoms with Gasteiger partial charge in [0.15, 0.2) is 16.7 Å². The van der Waals surface area contributed by atoms with E-state index in [0.29, 0.717) is 55.0 Å². The van der Waals surface area contributed by atoms with Crippen molar-refractivity contribution >= 4 is 56.5 Å². The van der Waals surface area contributed by atoms with Gasteiger partial charge in [-0.25, -0.2) is 14.2 Å². The highest BCUT2D eigenvalue weighted by Crippen LogP contribution is 2.40. The number of benzene rings is 3. The molecule has 4 rings (SSSR count). The molecule has 1 aliphatic heterocycles. The van der Waals surface area contributed by atoms with Gasteiger partial charge in [-0.3, -0.25) is 9.69 Å². The number of carboxylic acid groups (broad SMARTS) is 1. The normalized spacial score (nSPS) is 15.4. The number of hydrogen-bond acceptors (Lipinski definition) is 6. The summed E-state index contributed by atoms with van der Waals surface area (Å²) in [6.45, 7) is 4.08. The second-order valence-electron chi connectivity index (χ2n) is 8.31. The monoisotopic (exact) mass is 598 g/mol. The maximum atomic E-state index is 13.5. The van der Waals surface area contributed by atoms with Crippen LogP contribution in [0.1, 0.15) is 34.0 Å². The molecule has 0 bridgehead atoms. The van der Waals surface area contributed by atoms with E-state index in [2.05, 4.69) is 20.9 Å². The molecule has 10 heteroatoms. The summed E-state index contributed by atoms with van der Waals surface area (Å²) in [6, 6.07) is 14.6. The Labute approximate surface area is 232 Å². The van der Waals surface area contributed by atoms with Gasteiger partial charge in [-0.2, -0.15) is 0 Å². The molecular formula is C28H24BrFN2O5S. The molecule has 7 nitrogen and oxygen atoms in total. The van der Waals surface area contributed by atoms with Crippen LogP contribution in [0.2, 0.25) is 0 Å². The van der Waals surface area contributed by atoms with Gasteiger partial charge >= 0.3 is 5.97 Å². The number of thioether (sulfide) groups is 1. The zero-order valence-electron chi connectivity index (χ0n) is 20.8. The molecule has 0 aromatic heterocycles. The molecule has 1 N–H and O–H groups in total. The minimum Gasteiger partial charge on any atom is -0.490 e. The highest BCUT2D eigenvalue weighted by atomic mass is 79.9. The number of carboxylic acids is 1. The SMILES string of the molecule is CCOc1cc(/C=C2\SC(=Nc3cccc(C(=O)O)c3C)N(C)C2=O)cc(Br)c1OCc1cccc(F)c1. The molecule has 1 aliphatic rings. The number of aromatic carboxylic acids is 1. The average molecular weight is 599 g/mol. The van der Waals surface area contributed by atoms with Crippen LogP contribution < -0.4 is 9.47 Å². The number of likely N-dealkylation sites (N-methyl/N-ethyl adjacent to an activating group) is 1. The summed E-state index contributed by atoms with van der Waals surface area (Å²) in [4.78, 5) is 30.9. The molecule has 3 aromatic rings. The highest BCUT2D eigenvalue weighted by molar-refractivity contribution is 9.10. The molecule has 1 saturated heterocycles. The molecule has 1 fully saturated rings. The van der Waals surface area contributed by atoms with Crippen molar-refractivity contribution in [3.63, 3.8) is 0 Å². The summed E-state index contributed by atoms with van der Waals surface area (Å²) >= 11 is 4.73. The van der Waals surface area contributed by atoms with E-state index in [1.165, 1.54) is 34.9 Å². The van der Waals surface area contributed by atoms with Gasteiger partial charge < -0.3 is 14.6 Å². The van der Waals surface area contributed by atoms with E-state index in [4.69, 9.17) is 9.47 Å². The second kappa shape index (κ2) is 11.8. The zero-order valence-corrected chi connectivity index (χ0v) is 23.2. The standard InChI is InChI=1S/C28H24BrFN2O5S/c1-4-36-23-13-18(12-21(29)25(23)37-15-17-7-5-8-19(30)11-17)14-24-26(33)32(3)28(38-24)31-22-10-6-9-20(16(22)2)27(34)35/h5-14H,4,15H2,1-3H3,(H,34,35)/b24-14-,31-28?. The second-order valence-corrected chi connectivity index (χ2v) is 10.2. The first kappa shape index (κ1) is 27.4. The highest BCUT2D eigenvalue weighted by Gasteiger charge is 2.31. The molecule has 0 radical (unpaired) electrons. The third kappa shape index (κ3) is 6.08. The molecule has 0 saturated carbocycles. The molecule has 0 atom stereocenters. The summed E-state index contributed by atoms with van der Waals surface area (Å²) in [5, 5.41) is 9.83. The first-order valence-electron chi connectivity index (χ1n) is 11.6. The van der Waals surface area contributed by atoms with E-state index in [-0.39, 0.29) is 23.9 Å². The molecule has 3 aromatic carbocycles. The molecule has 38 heavy (non-hydrogen) atoms. The quantitative estimate of drug-likeness (QED) is 0.287. The van der Waals surface area contributed by atoms with Crippen LogP contribution in [0, 0.1) is 12.7 Å². The Hall–Kier alpha value is -3.63. The number of halogens is 2. The van der Waals surface area contributed by atoms with Crippen LogP contribution in [-0.2, 0) is 11.4 Å². The van der Waals surface area contributed by atoms with Crippen molar-refractivity contribution < 1.29 is 28.6 Å². The molecule has 196 valence electrons. The van der Waals surface area contributed by atoms with Crippen molar-refractivity contribution in [1.82, 2.24) is 4.90 Å². The van der Waals surface area contributed by atoms with Crippen LogP contribution in [0.3, 0.4) is 0 Å². The van der Waals surface area contributed by atoms with E-state index in [0.717, 1.165) is 0 Å². The van der Waals surface area contributed by atoms with Crippen LogP contribution in [0.15, 0.2) is 69.0 Å². The molecule has 1 amide bonds. The number of nitrogens with zero attached hydrogens (tertiary/aromatic N) is 2. The maximum Gasteiger partial charge on any atom is 0.336 e. The van der Waals surface area contributed by atoms with Crippen molar-refractivity contribution in [1.29, 1.82) is 0 Å². The lowest BCUT2D eigenvalue weighted by molar-refractivity contribution is -0.121. The van der Waals surface area contributed by atoms with Crippen LogP contribution in [0.25, 0.3) is 6.08 Å². The lowest BCUT2D eigenvalue weighted by Gasteiger charge is -2.15. The molecular weight excluding hydrogens is 575 g/mol. The van der Waals surface area contributed by atoms with E-state index in [1.807, 2.05) is 6.92 Å². The lowest BCUT2D eigenvalue weighted by Crippen LogP contribution is -2.23. The van der Waals surface area contributed by atoms with Gasteiger partial charge in [-0.05, 0) is 101 Å². The smallest absolute Gasteiger partial charge is 0.336 e. The third-order valence-electron chi connectivity index (χ3n) is 5.66. The lowest BCUT2D eigenvalue weighted by atomic mass is 10.1. The Morgan fingerprint density at radius 1 is 1.18 bits per heavy atom. The molecule has 0 aliphatic carbocycles. The fourth-order valence-corrected chi connectivity index (χ4v) is 5.29. The van der Waals surface area contributed by atoms with E-state index in [9.17, 15) is 19.1 Å². The fraction of sp³-hybridized carbons (Fsp3) is 0.179. The number of ether oxygens (including phenoxy) is 2. The van der Waals surface area contributed by atoms with E-state index < -0.39 is 5.97 Å². The summed E-state index contributed by atoms with van der Waals surface area (Å²) < 4.78 is 25.9. The summed E-state index contributed by atoms with van der Waals surface area (Å²) in [7, 11) is 1.62. The van der Waals surface area contributed by atoms with Gasteiger partial charge in [0.25, 0.3) is 5.91 Å². The van der Waals surface area contributed by atoms with Gasteiger partial charge in [-0.1, -0.05) is 18.2 Å². The Morgan fingerprint density at radius 2 is 1.95 bits per heavy atom. The largest absolute Gasteiger partial charge is 0.490 e. The van der Waals surface area contributed by atoms with Crippen LogP contribution in [0.4, 0.5) is 10.1 Å². The first-order valence-corrected chi connectivity index (χ1v) is 13.2. The van der Waals surface area contributed by atoms with Crippen molar-refractivity contribution in [3.8, 4) is 11.5 Å².